The lowest BCUT2D eigenvalue weighted by atomic mass is 9.89. The molecule has 3 heteroatoms. The highest BCUT2D eigenvalue weighted by Crippen LogP contribution is 2.23. The number of nitrogens with one attached hydrogen (secondary N) is 1. The average molecular weight is 215 g/mol. The van der Waals surface area contributed by atoms with Gasteiger partial charge in [0.05, 0.1) is 6.10 Å². The molecule has 0 aromatic heterocycles. The second-order valence-electron chi connectivity index (χ2n) is 4.63. The van der Waals surface area contributed by atoms with Gasteiger partial charge in [0.2, 0.25) is 0 Å². The highest BCUT2D eigenvalue weighted by Gasteiger charge is 2.28. The maximum Gasteiger partial charge on any atom is 0.0604 e. The molecule has 0 radical (unpaired) electrons. The topological polar surface area (TPSA) is 41.5 Å². The molecule has 3 nitrogen and oxygen atoms in total. The highest BCUT2D eigenvalue weighted by molar-refractivity contribution is 4.85. The molecule has 0 aromatic carbocycles. The van der Waals surface area contributed by atoms with Gasteiger partial charge in [-0.2, -0.15) is 0 Å². The van der Waals surface area contributed by atoms with Crippen molar-refractivity contribution in [1.29, 1.82) is 0 Å². The quantitative estimate of drug-likeness (QED) is 0.604. The lowest BCUT2D eigenvalue weighted by molar-refractivity contribution is -0.00982. The van der Waals surface area contributed by atoms with Crippen LogP contribution in [0.4, 0.5) is 0 Å². The maximum absolute atomic E-state index is 8.86. The summed E-state index contributed by atoms with van der Waals surface area (Å²) in [6.07, 6.45) is 5.12. The predicted octanol–water partition coefficient (Wildman–Crippen LogP) is 1.55. The summed E-state index contributed by atoms with van der Waals surface area (Å²) in [5.74, 6) is 0.448. The van der Waals surface area contributed by atoms with E-state index in [4.69, 9.17) is 9.84 Å². The summed E-state index contributed by atoms with van der Waals surface area (Å²) in [4.78, 5) is 0. The van der Waals surface area contributed by atoms with Crippen LogP contribution in [0.2, 0.25) is 0 Å². The van der Waals surface area contributed by atoms with Gasteiger partial charge in [0, 0.05) is 19.3 Å². The van der Waals surface area contributed by atoms with Crippen molar-refractivity contribution in [2.45, 2.75) is 51.7 Å². The van der Waals surface area contributed by atoms with Crippen molar-refractivity contribution in [2.24, 2.45) is 5.92 Å². The SMILES string of the molecule is CCOC1CC(NCCCC(C)CO)C1. The standard InChI is InChI=1S/C12H25NO2/c1-3-15-12-7-11(8-12)13-6-4-5-10(2)9-14/h10-14H,3-9H2,1-2H3. The van der Waals surface area contributed by atoms with Crippen molar-refractivity contribution in [2.75, 3.05) is 19.8 Å². The summed E-state index contributed by atoms with van der Waals surface area (Å²) in [6, 6.07) is 0.672. The summed E-state index contributed by atoms with van der Waals surface area (Å²) < 4.78 is 5.50. The fourth-order valence-electron chi connectivity index (χ4n) is 1.95. The molecule has 2 N–H and O–H groups in total. The monoisotopic (exact) mass is 215 g/mol. The van der Waals surface area contributed by atoms with Crippen molar-refractivity contribution >= 4 is 0 Å². The minimum Gasteiger partial charge on any atom is -0.396 e. The predicted molar refractivity (Wildman–Crippen MR) is 61.9 cm³/mol. The third-order valence-electron chi connectivity index (χ3n) is 3.12. The van der Waals surface area contributed by atoms with E-state index in [9.17, 15) is 0 Å². The van der Waals surface area contributed by atoms with Crippen molar-refractivity contribution < 1.29 is 9.84 Å². The summed E-state index contributed by atoms with van der Waals surface area (Å²) in [6.45, 7) is 6.38. The Morgan fingerprint density at radius 1 is 1.47 bits per heavy atom. The number of hydrogen-bond acceptors (Lipinski definition) is 3. The summed E-state index contributed by atoms with van der Waals surface area (Å²) in [5.41, 5.74) is 0. The molecule has 15 heavy (non-hydrogen) atoms. The Morgan fingerprint density at radius 3 is 2.80 bits per heavy atom. The molecule has 0 heterocycles. The minimum atomic E-state index is 0.315. The molecular weight excluding hydrogens is 190 g/mol. The van der Waals surface area contributed by atoms with Gasteiger partial charge >= 0.3 is 0 Å². The Hall–Kier alpha value is -0.120. The molecule has 0 spiro atoms. The van der Waals surface area contributed by atoms with Crippen LogP contribution in [0.1, 0.15) is 39.5 Å². The first-order valence-corrected chi connectivity index (χ1v) is 6.22. The van der Waals surface area contributed by atoms with E-state index in [-0.39, 0.29) is 0 Å². The third-order valence-corrected chi connectivity index (χ3v) is 3.12. The molecule has 90 valence electrons. The molecule has 0 aromatic rings. The van der Waals surface area contributed by atoms with Crippen molar-refractivity contribution in [3.63, 3.8) is 0 Å². The third kappa shape index (κ3) is 4.96. The van der Waals surface area contributed by atoms with Gasteiger partial charge in [0.15, 0.2) is 0 Å². The van der Waals surface area contributed by atoms with Crippen LogP contribution in [0.15, 0.2) is 0 Å². The van der Waals surface area contributed by atoms with Crippen LogP contribution in [0.5, 0.6) is 0 Å². The molecular formula is C12H25NO2. The second kappa shape index (κ2) is 7.20. The number of rotatable bonds is 8. The van der Waals surface area contributed by atoms with Gasteiger partial charge in [-0.1, -0.05) is 6.92 Å². The zero-order chi connectivity index (χ0) is 11.1. The van der Waals surface area contributed by atoms with Gasteiger partial charge in [-0.15, -0.1) is 0 Å². The maximum atomic E-state index is 8.86. The van der Waals surface area contributed by atoms with Crippen LogP contribution in [-0.2, 0) is 4.74 Å². The van der Waals surface area contributed by atoms with Crippen LogP contribution in [0.25, 0.3) is 0 Å². The molecule has 1 rings (SSSR count). The molecule has 1 aliphatic rings. The van der Waals surface area contributed by atoms with E-state index >= 15 is 0 Å². The molecule has 0 saturated heterocycles. The van der Waals surface area contributed by atoms with Gasteiger partial charge in [0.1, 0.15) is 0 Å². The van der Waals surface area contributed by atoms with Crippen LogP contribution in [0, 0.1) is 5.92 Å². The van der Waals surface area contributed by atoms with Crippen LogP contribution < -0.4 is 5.32 Å². The van der Waals surface area contributed by atoms with Gasteiger partial charge in [-0.25, -0.2) is 0 Å². The second-order valence-corrected chi connectivity index (χ2v) is 4.63. The summed E-state index contributed by atoms with van der Waals surface area (Å²) in [7, 11) is 0. The minimum absolute atomic E-state index is 0.315. The van der Waals surface area contributed by atoms with Crippen LogP contribution in [0.3, 0.4) is 0 Å². The highest BCUT2D eigenvalue weighted by atomic mass is 16.5. The first kappa shape index (κ1) is 12.9. The van der Waals surface area contributed by atoms with E-state index in [0.29, 0.717) is 24.7 Å². The summed E-state index contributed by atoms with van der Waals surface area (Å²) in [5, 5.41) is 12.4. The van der Waals surface area contributed by atoms with Gasteiger partial charge < -0.3 is 15.2 Å². The van der Waals surface area contributed by atoms with E-state index in [2.05, 4.69) is 19.2 Å². The Balaban J connectivity index is 1.86. The Kier molecular flexibility index (Phi) is 6.22. The lowest BCUT2D eigenvalue weighted by Crippen LogP contribution is -2.45. The molecule has 0 aliphatic heterocycles. The largest absolute Gasteiger partial charge is 0.396 e. The molecule has 1 aliphatic carbocycles. The van der Waals surface area contributed by atoms with Gasteiger partial charge in [-0.05, 0) is 45.1 Å². The molecule has 1 saturated carbocycles. The smallest absolute Gasteiger partial charge is 0.0604 e. The lowest BCUT2D eigenvalue weighted by Gasteiger charge is -2.35. The van der Waals surface area contributed by atoms with E-state index in [0.717, 1.165) is 26.0 Å². The fourth-order valence-corrected chi connectivity index (χ4v) is 1.95. The zero-order valence-electron chi connectivity index (χ0n) is 10.0. The van der Waals surface area contributed by atoms with Crippen molar-refractivity contribution in [3.05, 3.63) is 0 Å². The van der Waals surface area contributed by atoms with Crippen LogP contribution >= 0.6 is 0 Å². The number of ether oxygens (including phenoxy) is 1. The normalized spacial score (nSPS) is 27.4. The molecule has 0 bridgehead atoms. The van der Waals surface area contributed by atoms with E-state index < -0.39 is 0 Å². The number of aliphatic hydroxyl groups is 1. The van der Waals surface area contributed by atoms with Gasteiger partial charge in [0.25, 0.3) is 0 Å². The molecule has 1 atom stereocenters. The van der Waals surface area contributed by atoms with E-state index in [1.165, 1.54) is 12.8 Å². The van der Waals surface area contributed by atoms with Crippen molar-refractivity contribution in [3.8, 4) is 0 Å². The van der Waals surface area contributed by atoms with E-state index in [1.807, 2.05) is 0 Å². The van der Waals surface area contributed by atoms with Crippen molar-refractivity contribution in [1.82, 2.24) is 5.32 Å². The summed E-state index contributed by atoms with van der Waals surface area (Å²) >= 11 is 0. The molecule has 0 amide bonds. The fraction of sp³-hybridized carbons (Fsp3) is 1.00. The van der Waals surface area contributed by atoms with E-state index in [1.54, 1.807) is 0 Å². The number of aliphatic hydroxyl groups excluding tert-OH is 1. The van der Waals surface area contributed by atoms with Gasteiger partial charge in [-0.3, -0.25) is 0 Å². The first-order chi connectivity index (χ1) is 7.26. The molecule has 1 fully saturated rings. The molecule has 1 unspecified atom stereocenters. The number of hydrogen-bond donors (Lipinski definition) is 2. The Morgan fingerprint density at radius 2 is 2.20 bits per heavy atom. The average Bonchev–Trinajstić information content (AvgIpc) is 2.19. The van der Waals surface area contributed by atoms with Crippen LogP contribution in [-0.4, -0.2) is 37.0 Å². The first-order valence-electron chi connectivity index (χ1n) is 6.22. The Bertz CT molecular complexity index is 158. The zero-order valence-corrected chi connectivity index (χ0v) is 10.0. The Labute approximate surface area is 93.2 Å².